The maximum absolute atomic E-state index is 13.0. The number of carbonyl (C=O) groups excluding carboxylic acids is 1. The fraction of sp³-hybridized carbons (Fsp3) is 0.0417. The summed E-state index contributed by atoms with van der Waals surface area (Å²) in [5.41, 5.74) is 0.674. The number of fused-ring (bicyclic) bond motifs is 1. The van der Waals surface area contributed by atoms with Crippen molar-refractivity contribution in [1.82, 2.24) is 0 Å². The summed E-state index contributed by atoms with van der Waals surface area (Å²) in [6.07, 6.45) is 0. The molecule has 8 heteroatoms. The number of halogens is 1. The summed E-state index contributed by atoms with van der Waals surface area (Å²) in [6, 6.07) is 24.1. The Morgan fingerprint density at radius 3 is 2.19 bits per heavy atom. The smallest absolute Gasteiger partial charge is 0.262 e. The van der Waals surface area contributed by atoms with E-state index in [4.69, 9.17) is 4.74 Å². The molecule has 0 bridgehead atoms. The van der Waals surface area contributed by atoms with Crippen molar-refractivity contribution < 1.29 is 22.3 Å². The molecule has 4 aromatic rings. The van der Waals surface area contributed by atoms with Crippen LogP contribution in [0.2, 0.25) is 0 Å². The Labute approximate surface area is 184 Å². The van der Waals surface area contributed by atoms with Crippen LogP contribution >= 0.6 is 0 Å². The number of hydrogen-bond acceptors (Lipinski definition) is 4. The standard InChI is InChI=1S/C24H19FN2O4S/c25-19-6-8-21(9-7-19)27-32(29,30)23-13-10-20(11-14-23)26-24(28)16-31-22-12-5-17-3-1-2-4-18(17)15-22/h1-15,27H,16H2,(H,26,28). The summed E-state index contributed by atoms with van der Waals surface area (Å²) in [4.78, 5) is 12.2. The highest BCUT2D eigenvalue weighted by molar-refractivity contribution is 7.92. The molecule has 0 spiro atoms. The number of amides is 1. The molecule has 0 heterocycles. The van der Waals surface area contributed by atoms with E-state index in [9.17, 15) is 17.6 Å². The summed E-state index contributed by atoms with van der Waals surface area (Å²) in [7, 11) is -3.85. The number of nitrogens with one attached hydrogen (secondary N) is 2. The monoisotopic (exact) mass is 450 g/mol. The third-order valence-corrected chi connectivity index (χ3v) is 6.03. The Kier molecular flexibility index (Phi) is 6.04. The molecule has 0 atom stereocenters. The first-order chi connectivity index (χ1) is 15.4. The molecule has 162 valence electrons. The second-order valence-corrected chi connectivity index (χ2v) is 8.66. The second-order valence-electron chi connectivity index (χ2n) is 6.98. The zero-order chi connectivity index (χ0) is 22.6. The van der Waals surface area contributed by atoms with E-state index in [1.807, 2.05) is 36.4 Å². The largest absolute Gasteiger partial charge is 0.484 e. The van der Waals surface area contributed by atoms with Gasteiger partial charge in [-0.25, -0.2) is 12.8 Å². The molecule has 0 aliphatic rings. The molecule has 0 unspecified atom stereocenters. The number of sulfonamides is 1. The van der Waals surface area contributed by atoms with Crippen LogP contribution < -0.4 is 14.8 Å². The summed E-state index contributed by atoms with van der Waals surface area (Å²) in [5, 5.41) is 4.75. The molecule has 32 heavy (non-hydrogen) atoms. The van der Waals surface area contributed by atoms with E-state index in [2.05, 4.69) is 10.0 Å². The van der Waals surface area contributed by atoms with Crippen molar-refractivity contribution in [3.05, 3.63) is 96.8 Å². The summed E-state index contributed by atoms with van der Waals surface area (Å²) >= 11 is 0. The number of ether oxygens (including phenoxy) is 1. The third-order valence-electron chi connectivity index (χ3n) is 4.64. The molecule has 0 radical (unpaired) electrons. The molecule has 0 saturated heterocycles. The van der Waals surface area contributed by atoms with Crippen molar-refractivity contribution in [2.24, 2.45) is 0 Å². The van der Waals surface area contributed by atoms with Gasteiger partial charge in [-0.05, 0) is 71.4 Å². The van der Waals surface area contributed by atoms with Crippen molar-refractivity contribution in [2.75, 3.05) is 16.6 Å². The molecule has 4 aromatic carbocycles. The molecule has 1 amide bonds. The molecule has 0 aliphatic heterocycles. The van der Waals surface area contributed by atoms with Crippen LogP contribution in [0.5, 0.6) is 5.75 Å². The lowest BCUT2D eigenvalue weighted by Gasteiger charge is -2.10. The van der Waals surface area contributed by atoms with Crippen molar-refractivity contribution >= 4 is 38.1 Å². The fourth-order valence-corrected chi connectivity index (χ4v) is 4.11. The second kappa shape index (κ2) is 9.07. The summed E-state index contributed by atoms with van der Waals surface area (Å²) < 4.78 is 45.8. The van der Waals surface area contributed by atoms with Crippen LogP contribution in [0.4, 0.5) is 15.8 Å². The van der Waals surface area contributed by atoms with Gasteiger partial charge in [0.05, 0.1) is 4.90 Å². The van der Waals surface area contributed by atoms with Gasteiger partial charge < -0.3 is 10.1 Å². The molecular formula is C24H19FN2O4S. The van der Waals surface area contributed by atoms with Crippen LogP contribution in [0, 0.1) is 5.82 Å². The number of hydrogen-bond donors (Lipinski definition) is 2. The van der Waals surface area contributed by atoms with Gasteiger partial charge in [0.2, 0.25) is 0 Å². The first-order valence-corrected chi connectivity index (χ1v) is 11.2. The van der Waals surface area contributed by atoms with Crippen LogP contribution in [-0.4, -0.2) is 20.9 Å². The van der Waals surface area contributed by atoms with Gasteiger partial charge in [-0.2, -0.15) is 0 Å². The maximum atomic E-state index is 13.0. The topological polar surface area (TPSA) is 84.5 Å². The van der Waals surface area contributed by atoms with Gasteiger partial charge in [0.15, 0.2) is 6.61 Å². The Hall–Kier alpha value is -3.91. The van der Waals surface area contributed by atoms with Crippen molar-refractivity contribution in [2.45, 2.75) is 4.90 Å². The molecule has 0 aromatic heterocycles. The molecule has 0 aliphatic carbocycles. The lowest BCUT2D eigenvalue weighted by Crippen LogP contribution is -2.20. The lowest BCUT2D eigenvalue weighted by molar-refractivity contribution is -0.118. The highest BCUT2D eigenvalue weighted by Crippen LogP contribution is 2.21. The van der Waals surface area contributed by atoms with E-state index >= 15 is 0 Å². The average Bonchev–Trinajstić information content (AvgIpc) is 2.79. The number of benzene rings is 4. The van der Waals surface area contributed by atoms with Gasteiger partial charge in [0, 0.05) is 11.4 Å². The predicted molar refractivity (Wildman–Crippen MR) is 122 cm³/mol. The minimum Gasteiger partial charge on any atom is -0.484 e. The zero-order valence-corrected chi connectivity index (χ0v) is 17.6. The molecule has 6 nitrogen and oxygen atoms in total. The van der Waals surface area contributed by atoms with E-state index in [0.717, 1.165) is 22.9 Å². The molecule has 0 fully saturated rings. The minimum absolute atomic E-state index is 0.00670. The fourth-order valence-electron chi connectivity index (χ4n) is 3.05. The van der Waals surface area contributed by atoms with E-state index in [-0.39, 0.29) is 23.1 Å². The van der Waals surface area contributed by atoms with Crippen LogP contribution in [0.3, 0.4) is 0 Å². The van der Waals surface area contributed by atoms with Gasteiger partial charge in [-0.3, -0.25) is 9.52 Å². The maximum Gasteiger partial charge on any atom is 0.262 e. The van der Waals surface area contributed by atoms with Crippen molar-refractivity contribution in [1.29, 1.82) is 0 Å². The average molecular weight is 450 g/mol. The molecule has 4 rings (SSSR count). The van der Waals surface area contributed by atoms with Gasteiger partial charge in [0.1, 0.15) is 11.6 Å². The first kappa shape index (κ1) is 21.3. The Morgan fingerprint density at radius 2 is 1.47 bits per heavy atom. The predicted octanol–water partition coefficient (Wildman–Crippen LogP) is 4.80. The van der Waals surface area contributed by atoms with E-state index in [1.54, 1.807) is 6.07 Å². The van der Waals surface area contributed by atoms with Crippen LogP contribution in [-0.2, 0) is 14.8 Å². The minimum atomic E-state index is -3.85. The number of carbonyl (C=O) groups is 1. The Bertz CT molecular complexity index is 1360. The Balaban J connectivity index is 1.35. The number of anilines is 2. The summed E-state index contributed by atoms with van der Waals surface area (Å²) in [5.74, 6) is -0.261. The van der Waals surface area contributed by atoms with Gasteiger partial charge >= 0.3 is 0 Å². The normalized spacial score (nSPS) is 11.2. The van der Waals surface area contributed by atoms with E-state index < -0.39 is 15.8 Å². The van der Waals surface area contributed by atoms with Gasteiger partial charge in [-0.1, -0.05) is 30.3 Å². The van der Waals surface area contributed by atoms with Gasteiger partial charge in [0.25, 0.3) is 15.9 Å². The highest BCUT2D eigenvalue weighted by atomic mass is 32.2. The lowest BCUT2D eigenvalue weighted by atomic mass is 10.1. The number of rotatable bonds is 7. The van der Waals surface area contributed by atoms with Crippen LogP contribution in [0.15, 0.2) is 95.9 Å². The highest BCUT2D eigenvalue weighted by Gasteiger charge is 2.14. The summed E-state index contributed by atoms with van der Waals surface area (Å²) in [6.45, 7) is -0.190. The molecule has 0 saturated carbocycles. The molecular weight excluding hydrogens is 431 g/mol. The Morgan fingerprint density at radius 1 is 0.812 bits per heavy atom. The van der Waals surface area contributed by atoms with E-state index in [1.165, 1.54) is 36.4 Å². The first-order valence-electron chi connectivity index (χ1n) is 9.69. The third kappa shape index (κ3) is 5.22. The SMILES string of the molecule is O=C(COc1ccc2ccccc2c1)Nc1ccc(S(=O)(=O)Nc2ccc(F)cc2)cc1. The van der Waals surface area contributed by atoms with Crippen LogP contribution in [0.25, 0.3) is 10.8 Å². The molecule has 2 N–H and O–H groups in total. The van der Waals surface area contributed by atoms with Gasteiger partial charge in [-0.15, -0.1) is 0 Å². The van der Waals surface area contributed by atoms with E-state index in [0.29, 0.717) is 11.4 Å². The van der Waals surface area contributed by atoms with Crippen molar-refractivity contribution in [3.8, 4) is 5.75 Å². The van der Waals surface area contributed by atoms with Crippen molar-refractivity contribution in [3.63, 3.8) is 0 Å². The quantitative estimate of drug-likeness (QED) is 0.424. The van der Waals surface area contributed by atoms with Crippen LogP contribution in [0.1, 0.15) is 0 Å². The zero-order valence-electron chi connectivity index (χ0n) is 16.8.